The van der Waals surface area contributed by atoms with Crippen molar-refractivity contribution >= 4 is 17.8 Å². The van der Waals surface area contributed by atoms with Gasteiger partial charge in [-0.15, -0.1) is 0 Å². The SMILES string of the molecule is COC(=O)C(C)C(c1ccc2c(c1)OC1(CCN(C(=O)O)CC1)CC2=O)C1CC1. The second-order valence-corrected chi connectivity index (χ2v) is 8.59. The molecule has 0 bridgehead atoms. The molecule has 2 aliphatic heterocycles. The number of piperidine rings is 1. The van der Waals surface area contributed by atoms with E-state index in [0.717, 1.165) is 18.4 Å². The van der Waals surface area contributed by atoms with E-state index in [1.807, 2.05) is 25.1 Å². The summed E-state index contributed by atoms with van der Waals surface area (Å²) in [6.07, 6.45) is 2.50. The number of likely N-dealkylation sites (tertiary alicyclic amines) is 1. The molecule has 1 aromatic rings. The van der Waals surface area contributed by atoms with Gasteiger partial charge in [-0.2, -0.15) is 0 Å². The summed E-state index contributed by atoms with van der Waals surface area (Å²) < 4.78 is 11.3. The third-order valence-corrected chi connectivity index (χ3v) is 6.69. The molecule has 2 fully saturated rings. The number of ether oxygens (including phenoxy) is 2. The fourth-order valence-electron chi connectivity index (χ4n) is 4.86. The summed E-state index contributed by atoms with van der Waals surface area (Å²) in [7, 11) is 1.41. The first-order valence-electron chi connectivity index (χ1n) is 10.3. The van der Waals surface area contributed by atoms with Gasteiger partial charge in [-0.05, 0) is 42.4 Å². The first-order valence-corrected chi connectivity index (χ1v) is 10.3. The molecule has 1 spiro atoms. The average molecular weight is 401 g/mol. The smallest absolute Gasteiger partial charge is 0.407 e. The highest BCUT2D eigenvalue weighted by atomic mass is 16.5. The van der Waals surface area contributed by atoms with Crippen molar-refractivity contribution in [2.24, 2.45) is 11.8 Å². The zero-order chi connectivity index (χ0) is 20.8. The Kier molecular flexibility index (Phi) is 5.00. The number of carboxylic acid groups (broad SMARTS) is 1. The zero-order valence-corrected chi connectivity index (χ0v) is 16.8. The Hall–Kier alpha value is -2.57. The van der Waals surface area contributed by atoms with Crippen LogP contribution in [0.2, 0.25) is 0 Å². The topological polar surface area (TPSA) is 93.1 Å². The van der Waals surface area contributed by atoms with Crippen LogP contribution in [0.5, 0.6) is 5.75 Å². The van der Waals surface area contributed by atoms with Gasteiger partial charge < -0.3 is 19.5 Å². The highest BCUT2D eigenvalue weighted by Crippen LogP contribution is 2.49. The van der Waals surface area contributed by atoms with Crippen LogP contribution in [0.1, 0.15) is 60.9 Å². The first kappa shape index (κ1) is 19.7. The quantitative estimate of drug-likeness (QED) is 0.777. The van der Waals surface area contributed by atoms with Crippen LogP contribution in [0, 0.1) is 11.8 Å². The Morgan fingerprint density at radius 1 is 1.28 bits per heavy atom. The number of hydrogen-bond acceptors (Lipinski definition) is 5. The maximum atomic E-state index is 12.8. The van der Waals surface area contributed by atoms with Gasteiger partial charge in [0.25, 0.3) is 0 Å². The van der Waals surface area contributed by atoms with Crippen LogP contribution in [0.15, 0.2) is 18.2 Å². The van der Waals surface area contributed by atoms with Crippen molar-refractivity contribution in [3.8, 4) is 5.75 Å². The van der Waals surface area contributed by atoms with Crippen LogP contribution in [0.25, 0.3) is 0 Å². The number of hydrogen-bond donors (Lipinski definition) is 1. The predicted octanol–water partition coefficient (Wildman–Crippen LogP) is 3.47. The minimum atomic E-state index is -0.936. The lowest BCUT2D eigenvalue weighted by molar-refractivity contribution is -0.145. The van der Waals surface area contributed by atoms with E-state index in [-0.39, 0.29) is 30.0 Å². The lowest BCUT2D eigenvalue weighted by Crippen LogP contribution is -2.52. The monoisotopic (exact) mass is 401 g/mol. The normalized spacial score (nSPS) is 22.4. The number of carbonyl (C=O) groups is 3. The average Bonchev–Trinajstić information content (AvgIpc) is 3.52. The summed E-state index contributed by atoms with van der Waals surface area (Å²) in [6, 6.07) is 5.67. The maximum Gasteiger partial charge on any atom is 0.407 e. The number of amides is 1. The molecule has 1 aromatic carbocycles. The van der Waals surface area contributed by atoms with Crippen molar-refractivity contribution in [2.75, 3.05) is 20.2 Å². The Bertz CT molecular complexity index is 838. The van der Waals surface area contributed by atoms with Crippen molar-refractivity contribution in [1.82, 2.24) is 4.90 Å². The van der Waals surface area contributed by atoms with Gasteiger partial charge in [0.2, 0.25) is 0 Å². The molecule has 1 amide bonds. The number of nitrogens with zero attached hydrogens (tertiary/aromatic N) is 1. The van der Waals surface area contributed by atoms with E-state index < -0.39 is 11.7 Å². The summed E-state index contributed by atoms with van der Waals surface area (Å²) in [4.78, 5) is 37.5. The van der Waals surface area contributed by atoms with Crippen LogP contribution >= 0.6 is 0 Å². The maximum absolute atomic E-state index is 12.8. The van der Waals surface area contributed by atoms with Crippen molar-refractivity contribution in [3.05, 3.63) is 29.3 Å². The molecule has 1 aliphatic carbocycles. The van der Waals surface area contributed by atoms with E-state index >= 15 is 0 Å². The lowest BCUT2D eigenvalue weighted by atomic mass is 9.80. The van der Waals surface area contributed by atoms with Crippen LogP contribution in [0.3, 0.4) is 0 Å². The number of fused-ring (bicyclic) bond motifs is 1. The van der Waals surface area contributed by atoms with E-state index in [1.54, 1.807) is 0 Å². The van der Waals surface area contributed by atoms with Crippen LogP contribution in [0.4, 0.5) is 4.79 Å². The van der Waals surface area contributed by atoms with Gasteiger partial charge in [-0.1, -0.05) is 13.0 Å². The Morgan fingerprint density at radius 3 is 2.55 bits per heavy atom. The fourth-order valence-corrected chi connectivity index (χ4v) is 4.86. The number of methoxy groups -OCH3 is 1. The number of ketones is 1. The summed E-state index contributed by atoms with van der Waals surface area (Å²) in [5, 5.41) is 9.19. The van der Waals surface area contributed by atoms with Crippen molar-refractivity contribution in [2.45, 2.75) is 50.5 Å². The van der Waals surface area contributed by atoms with Gasteiger partial charge >= 0.3 is 12.1 Å². The van der Waals surface area contributed by atoms with E-state index in [0.29, 0.717) is 43.2 Å². The minimum absolute atomic E-state index is 0.0329. The number of rotatable bonds is 4. The second-order valence-electron chi connectivity index (χ2n) is 8.59. The van der Waals surface area contributed by atoms with E-state index in [4.69, 9.17) is 9.47 Å². The first-order chi connectivity index (χ1) is 13.8. The van der Waals surface area contributed by atoms with Crippen LogP contribution in [-0.4, -0.2) is 53.7 Å². The molecule has 29 heavy (non-hydrogen) atoms. The fraction of sp³-hybridized carbons (Fsp3) is 0.591. The standard InChI is InChI=1S/C22H27NO6/c1-13(20(25)28-2)19(14-3-4-14)15-5-6-16-17(24)12-22(29-18(16)11-15)7-9-23(10-8-22)21(26)27/h5-6,11,13-14,19H,3-4,7-10,12H2,1-2H3,(H,26,27). The summed E-state index contributed by atoms with van der Waals surface area (Å²) in [5.74, 6) is 0.579. The molecule has 4 rings (SSSR count). The Morgan fingerprint density at radius 2 is 1.97 bits per heavy atom. The summed E-state index contributed by atoms with van der Waals surface area (Å²) >= 11 is 0. The highest BCUT2D eigenvalue weighted by Gasteiger charge is 2.45. The minimum Gasteiger partial charge on any atom is -0.486 e. The lowest BCUT2D eigenvalue weighted by Gasteiger charge is -2.43. The van der Waals surface area contributed by atoms with Gasteiger partial charge in [0, 0.05) is 25.9 Å². The van der Waals surface area contributed by atoms with E-state index in [1.165, 1.54) is 12.0 Å². The van der Waals surface area contributed by atoms with Crippen LogP contribution in [-0.2, 0) is 9.53 Å². The highest BCUT2D eigenvalue weighted by molar-refractivity contribution is 6.00. The Labute approximate surface area is 170 Å². The molecule has 2 atom stereocenters. The molecule has 1 N–H and O–H groups in total. The predicted molar refractivity (Wildman–Crippen MR) is 104 cm³/mol. The second kappa shape index (κ2) is 7.35. The number of Topliss-reactive ketones (excluding diaryl/α,β-unsaturated/α-hetero) is 1. The van der Waals surface area contributed by atoms with Crippen molar-refractivity contribution < 1.29 is 29.0 Å². The van der Waals surface area contributed by atoms with Crippen molar-refractivity contribution in [3.63, 3.8) is 0 Å². The largest absolute Gasteiger partial charge is 0.486 e. The summed E-state index contributed by atoms with van der Waals surface area (Å²) in [5.41, 5.74) is 0.926. The molecule has 156 valence electrons. The van der Waals surface area contributed by atoms with Gasteiger partial charge in [-0.25, -0.2) is 4.79 Å². The molecule has 0 radical (unpaired) electrons. The Balaban J connectivity index is 1.61. The molecule has 1 saturated carbocycles. The summed E-state index contributed by atoms with van der Waals surface area (Å²) in [6.45, 7) is 2.62. The zero-order valence-electron chi connectivity index (χ0n) is 16.8. The number of esters is 1. The van der Waals surface area contributed by atoms with Gasteiger partial charge in [0.15, 0.2) is 5.78 Å². The molecular formula is C22H27NO6. The molecule has 1 saturated heterocycles. The number of carbonyl (C=O) groups excluding carboxylic acids is 2. The molecule has 3 aliphatic rings. The molecule has 2 unspecified atom stereocenters. The molecule has 7 nitrogen and oxygen atoms in total. The van der Waals surface area contributed by atoms with Crippen molar-refractivity contribution in [1.29, 1.82) is 0 Å². The molecular weight excluding hydrogens is 374 g/mol. The number of benzene rings is 1. The van der Waals surface area contributed by atoms with Gasteiger partial charge in [-0.3, -0.25) is 9.59 Å². The van der Waals surface area contributed by atoms with Gasteiger partial charge in [0.1, 0.15) is 11.4 Å². The molecule has 2 heterocycles. The van der Waals surface area contributed by atoms with E-state index in [9.17, 15) is 19.5 Å². The van der Waals surface area contributed by atoms with Crippen LogP contribution < -0.4 is 4.74 Å². The molecule has 0 aromatic heterocycles. The third kappa shape index (κ3) is 3.70. The van der Waals surface area contributed by atoms with E-state index in [2.05, 4.69) is 0 Å². The molecule has 7 heteroatoms. The third-order valence-electron chi connectivity index (χ3n) is 6.69. The van der Waals surface area contributed by atoms with Gasteiger partial charge in [0.05, 0.1) is 25.0 Å².